The fraction of sp³-hybridized carbons (Fsp3) is 0.222. The van der Waals surface area contributed by atoms with Crippen LogP contribution in [-0.4, -0.2) is 36.6 Å². The van der Waals surface area contributed by atoms with Crippen LogP contribution in [0.4, 0.5) is 5.69 Å². The first-order valence-corrected chi connectivity index (χ1v) is 8.74. The molecule has 6 heteroatoms. The quantitative estimate of drug-likeness (QED) is 0.815. The Morgan fingerprint density at radius 2 is 1.88 bits per heavy atom. The van der Waals surface area contributed by atoms with Gasteiger partial charge in [-0.2, -0.15) is 0 Å². The minimum atomic E-state index is -0.249. The summed E-state index contributed by atoms with van der Waals surface area (Å²) < 4.78 is 0. The number of carbonyl (C=O) groups is 2. The van der Waals surface area contributed by atoms with Crippen molar-refractivity contribution in [3.05, 3.63) is 58.6 Å². The molecule has 0 aliphatic rings. The van der Waals surface area contributed by atoms with Gasteiger partial charge >= 0.3 is 0 Å². The number of nitrogens with one attached hydrogen (secondary N) is 1. The highest BCUT2D eigenvalue weighted by Gasteiger charge is 2.14. The van der Waals surface area contributed by atoms with Gasteiger partial charge in [0.15, 0.2) is 0 Å². The molecule has 4 nitrogen and oxygen atoms in total. The maximum Gasteiger partial charge on any atom is 0.256 e. The second-order valence-electron chi connectivity index (χ2n) is 5.51. The molecule has 2 amide bonds. The molecule has 0 bridgehead atoms. The number of benzene rings is 2. The van der Waals surface area contributed by atoms with E-state index in [0.717, 1.165) is 10.5 Å². The van der Waals surface area contributed by atoms with Gasteiger partial charge in [0.25, 0.3) is 5.91 Å². The molecular formula is C18H19ClN2O2S. The number of nitrogens with zero attached hydrogens (tertiary/aromatic N) is 1. The molecule has 0 aromatic heterocycles. The number of rotatable bonds is 5. The third kappa shape index (κ3) is 4.76. The molecule has 0 atom stereocenters. The van der Waals surface area contributed by atoms with Crippen LogP contribution >= 0.6 is 23.4 Å². The highest BCUT2D eigenvalue weighted by Crippen LogP contribution is 2.26. The van der Waals surface area contributed by atoms with E-state index in [0.29, 0.717) is 16.3 Å². The molecule has 0 aliphatic carbocycles. The summed E-state index contributed by atoms with van der Waals surface area (Å²) >= 11 is 7.51. The Balaban J connectivity index is 2.16. The fourth-order valence-corrected chi connectivity index (χ4v) is 3.27. The molecule has 1 N–H and O–H groups in total. The molecular weight excluding hydrogens is 344 g/mol. The molecule has 0 radical (unpaired) electrons. The molecule has 24 heavy (non-hydrogen) atoms. The topological polar surface area (TPSA) is 49.4 Å². The lowest BCUT2D eigenvalue weighted by Crippen LogP contribution is -2.23. The van der Waals surface area contributed by atoms with E-state index in [4.69, 9.17) is 11.6 Å². The third-order valence-electron chi connectivity index (χ3n) is 3.35. The molecule has 0 aliphatic heterocycles. The van der Waals surface area contributed by atoms with Gasteiger partial charge in [-0.25, -0.2) is 0 Å². The summed E-state index contributed by atoms with van der Waals surface area (Å²) in [6.07, 6.45) is 0. The zero-order valence-electron chi connectivity index (χ0n) is 13.8. The van der Waals surface area contributed by atoms with Gasteiger partial charge in [-0.15, -0.1) is 11.8 Å². The zero-order valence-corrected chi connectivity index (χ0v) is 15.4. The molecule has 0 heterocycles. The largest absolute Gasteiger partial charge is 0.348 e. The Bertz CT molecular complexity index is 762. The number of amides is 2. The van der Waals surface area contributed by atoms with Crippen LogP contribution in [0.15, 0.2) is 47.4 Å². The highest BCUT2D eigenvalue weighted by molar-refractivity contribution is 8.00. The normalized spacial score (nSPS) is 10.3. The van der Waals surface area contributed by atoms with Gasteiger partial charge in [0.1, 0.15) is 0 Å². The predicted molar refractivity (Wildman–Crippen MR) is 100 cm³/mol. The van der Waals surface area contributed by atoms with Crippen molar-refractivity contribution in [1.29, 1.82) is 0 Å². The predicted octanol–water partition coefficient (Wildman–Crippen LogP) is 4.08. The number of carbonyl (C=O) groups excluding carboxylic acids is 2. The Kier molecular flexibility index (Phi) is 6.29. The van der Waals surface area contributed by atoms with E-state index in [1.807, 2.05) is 25.1 Å². The summed E-state index contributed by atoms with van der Waals surface area (Å²) in [4.78, 5) is 26.6. The fourth-order valence-electron chi connectivity index (χ4n) is 1.96. The van der Waals surface area contributed by atoms with Crippen molar-refractivity contribution in [1.82, 2.24) is 4.90 Å². The van der Waals surface area contributed by atoms with Crippen molar-refractivity contribution in [2.45, 2.75) is 11.8 Å². The van der Waals surface area contributed by atoms with Crippen LogP contribution in [-0.2, 0) is 4.79 Å². The Morgan fingerprint density at radius 1 is 1.17 bits per heavy atom. The van der Waals surface area contributed by atoms with Gasteiger partial charge in [0.2, 0.25) is 5.91 Å². The SMILES string of the molecule is Cc1ccc(NC(=O)c2ccccc2SCC(=O)N(C)C)c(Cl)c1. The minimum Gasteiger partial charge on any atom is -0.348 e. The molecule has 0 spiro atoms. The van der Waals surface area contributed by atoms with E-state index in [1.54, 1.807) is 38.4 Å². The van der Waals surface area contributed by atoms with Crippen LogP contribution in [0.2, 0.25) is 5.02 Å². The second-order valence-corrected chi connectivity index (χ2v) is 6.93. The van der Waals surface area contributed by atoms with Crippen molar-refractivity contribution < 1.29 is 9.59 Å². The molecule has 0 fully saturated rings. The van der Waals surface area contributed by atoms with E-state index >= 15 is 0 Å². The van der Waals surface area contributed by atoms with Crippen molar-refractivity contribution in [2.24, 2.45) is 0 Å². The standard InChI is InChI=1S/C18H19ClN2O2S/c1-12-8-9-15(14(19)10-12)20-18(23)13-6-4-5-7-16(13)24-11-17(22)21(2)3/h4-10H,11H2,1-3H3,(H,20,23). The monoisotopic (exact) mass is 362 g/mol. The Hall–Kier alpha value is -1.98. The summed E-state index contributed by atoms with van der Waals surface area (Å²) in [6, 6.07) is 12.7. The van der Waals surface area contributed by atoms with Crippen LogP contribution in [0, 0.1) is 6.92 Å². The van der Waals surface area contributed by atoms with Gasteiger partial charge < -0.3 is 10.2 Å². The molecule has 2 rings (SSSR count). The lowest BCUT2D eigenvalue weighted by atomic mass is 10.2. The van der Waals surface area contributed by atoms with Crippen molar-refractivity contribution in [3.8, 4) is 0 Å². The second kappa shape index (κ2) is 8.22. The average Bonchev–Trinajstić information content (AvgIpc) is 2.55. The number of hydrogen-bond acceptors (Lipinski definition) is 3. The van der Waals surface area contributed by atoms with Crippen LogP contribution in [0.3, 0.4) is 0 Å². The van der Waals surface area contributed by atoms with E-state index in [9.17, 15) is 9.59 Å². The van der Waals surface area contributed by atoms with Gasteiger partial charge in [0, 0.05) is 19.0 Å². The molecule has 0 unspecified atom stereocenters. The van der Waals surface area contributed by atoms with Crippen molar-refractivity contribution >= 4 is 40.9 Å². The zero-order chi connectivity index (χ0) is 17.7. The first-order chi connectivity index (χ1) is 11.4. The maximum absolute atomic E-state index is 12.6. The summed E-state index contributed by atoms with van der Waals surface area (Å²) in [5.74, 6) is 0.0284. The van der Waals surface area contributed by atoms with Crippen LogP contribution < -0.4 is 5.32 Å². The number of anilines is 1. The lowest BCUT2D eigenvalue weighted by molar-refractivity contribution is -0.125. The van der Waals surface area contributed by atoms with E-state index in [-0.39, 0.29) is 17.6 Å². The Morgan fingerprint density at radius 3 is 2.54 bits per heavy atom. The van der Waals surface area contributed by atoms with Crippen molar-refractivity contribution in [2.75, 3.05) is 25.2 Å². The maximum atomic E-state index is 12.6. The van der Waals surface area contributed by atoms with E-state index < -0.39 is 0 Å². The third-order valence-corrected chi connectivity index (χ3v) is 4.73. The van der Waals surface area contributed by atoms with Gasteiger partial charge in [-0.05, 0) is 36.8 Å². The van der Waals surface area contributed by atoms with Crippen LogP contribution in [0.5, 0.6) is 0 Å². The van der Waals surface area contributed by atoms with Crippen molar-refractivity contribution in [3.63, 3.8) is 0 Å². The summed E-state index contributed by atoms with van der Waals surface area (Å²) in [7, 11) is 3.42. The van der Waals surface area contributed by atoms with Gasteiger partial charge in [0.05, 0.1) is 22.0 Å². The number of aryl methyl sites for hydroxylation is 1. The average molecular weight is 363 g/mol. The van der Waals surface area contributed by atoms with Gasteiger partial charge in [-0.3, -0.25) is 9.59 Å². The minimum absolute atomic E-state index is 0.00297. The number of thioether (sulfide) groups is 1. The van der Waals surface area contributed by atoms with E-state index in [2.05, 4.69) is 5.32 Å². The van der Waals surface area contributed by atoms with Gasteiger partial charge in [-0.1, -0.05) is 29.8 Å². The van der Waals surface area contributed by atoms with Crippen LogP contribution in [0.1, 0.15) is 15.9 Å². The molecule has 2 aromatic carbocycles. The highest BCUT2D eigenvalue weighted by atomic mass is 35.5. The summed E-state index contributed by atoms with van der Waals surface area (Å²) in [5, 5.41) is 3.32. The number of hydrogen-bond donors (Lipinski definition) is 1. The lowest BCUT2D eigenvalue weighted by Gasteiger charge is -2.13. The molecule has 2 aromatic rings. The summed E-state index contributed by atoms with van der Waals surface area (Å²) in [5.41, 5.74) is 2.11. The molecule has 0 saturated heterocycles. The molecule has 0 saturated carbocycles. The molecule has 126 valence electrons. The summed E-state index contributed by atoms with van der Waals surface area (Å²) in [6.45, 7) is 1.94. The van der Waals surface area contributed by atoms with Crippen LogP contribution in [0.25, 0.3) is 0 Å². The van der Waals surface area contributed by atoms with E-state index in [1.165, 1.54) is 16.7 Å². The first kappa shape index (κ1) is 18.4. The smallest absolute Gasteiger partial charge is 0.256 e. The number of halogens is 1. The Labute approximate surface area is 151 Å². The first-order valence-electron chi connectivity index (χ1n) is 7.38.